The van der Waals surface area contributed by atoms with Crippen LogP contribution in [0.3, 0.4) is 0 Å². The Kier molecular flexibility index (Phi) is 6.57. The number of aromatic nitrogens is 1. The van der Waals surface area contributed by atoms with Gasteiger partial charge in [-0.15, -0.1) is 11.3 Å². The first-order chi connectivity index (χ1) is 16.1. The van der Waals surface area contributed by atoms with Crippen LogP contribution in [0.2, 0.25) is 0 Å². The van der Waals surface area contributed by atoms with E-state index >= 15 is 0 Å². The number of thiazole rings is 1. The number of nitrogens with one attached hydrogen (secondary N) is 1. The maximum Gasteiger partial charge on any atom is 0.271 e. The van der Waals surface area contributed by atoms with Crippen molar-refractivity contribution >= 4 is 17.2 Å². The second-order valence-corrected chi connectivity index (χ2v) is 9.48. The minimum absolute atomic E-state index is 0.118. The Balaban J connectivity index is 1.08. The van der Waals surface area contributed by atoms with Gasteiger partial charge >= 0.3 is 0 Å². The summed E-state index contributed by atoms with van der Waals surface area (Å²) in [4.78, 5) is 21.9. The molecule has 5 rings (SSSR count). The summed E-state index contributed by atoms with van der Waals surface area (Å²) in [6.45, 7) is 8.55. The number of hydrogen-bond donors (Lipinski definition) is 1. The molecule has 3 heterocycles. The van der Waals surface area contributed by atoms with Crippen LogP contribution >= 0.6 is 11.3 Å². The highest BCUT2D eigenvalue weighted by atomic mass is 32.1. The molecule has 0 unspecified atom stereocenters. The van der Waals surface area contributed by atoms with E-state index in [9.17, 15) is 4.79 Å². The van der Waals surface area contributed by atoms with Crippen LogP contribution in [0, 0.1) is 6.92 Å². The molecule has 2 aromatic carbocycles. The van der Waals surface area contributed by atoms with Gasteiger partial charge in [0.2, 0.25) is 6.79 Å². The Hall–Kier alpha value is -2.94. The number of hydrogen-bond acceptors (Lipinski definition) is 7. The Morgan fingerprint density at radius 2 is 1.79 bits per heavy atom. The summed E-state index contributed by atoms with van der Waals surface area (Å²) >= 11 is 1.56. The molecule has 1 fully saturated rings. The van der Waals surface area contributed by atoms with Crippen LogP contribution in [0.15, 0.2) is 47.8 Å². The molecule has 0 spiro atoms. The normalized spacial score (nSPS) is 16.2. The van der Waals surface area contributed by atoms with Gasteiger partial charge in [0, 0.05) is 44.6 Å². The van der Waals surface area contributed by atoms with Crippen molar-refractivity contribution in [1.29, 1.82) is 0 Å². The number of carbonyl (C=O) groups excluding carboxylic acids is 1. The fraction of sp³-hybridized carbons (Fsp3) is 0.360. The highest BCUT2D eigenvalue weighted by Crippen LogP contribution is 2.32. The number of fused-ring (bicyclic) bond motifs is 1. The number of amides is 1. The highest BCUT2D eigenvalue weighted by molar-refractivity contribution is 7.09. The smallest absolute Gasteiger partial charge is 0.271 e. The Bertz CT molecular complexity index is 1120. The lowest BCUT2D eigenvalue weighted by Gasteiger charge is -2.34. The van der Waals surface area contributed by atoms with Crippen molar-refractivity contribution in [2.24, 2.45) is 0 Å². The molecule has 7 nitrogen and oxygen atoms in total. The number of rotatable bonds is 7. The third-order valence-electron chi connectivity index (χ3n) is 5.99. The topological polar surface area (TPSA) is 66.9 Å². The van der Waals surface area contributed by atoms with E-state index in [1.807, 2.05) is 23.6 Å². The Labute approximate surface area is 198 Å². The van der Waals surface area contributed by atoms with Gasteiger partial charge in [-0.25, -0.2) is 4.98 Å². The summed E-state index contributed by atoms with van der Waals surface area (Å²) in [7, 11) is 0. The minimum Gasteiger partial charge on any atom is -0.454 e. The van der Waals surface area contributed by atoms with Crippen LogP contribution in [0.25, 0.3) is 0 Å². The van der Waals surface area contributed by atoms with Crippen LogP contribution in [0.5, 0.6) is 11.5 Å². The lowest BCUT2D eigenvalue weighted by molar-refractivity contribution is 0.0945. The lowest BCUT2D eigenvalue weighted by atomic mass is 10.1. The predicted molar refractivity (Wildman–Crippen MR) is 128 cm³/mol. The van der Waals surface area contributed by atoms with E-state index in [1.165, 1.54) is 11.1 Å². The molecule has 0 aliphatic carbocycles. The van der Waals surface area contributed by atoms with E-state index in [-0.39, 0.29) is 5.91 Å². The number of benzene rings is 2. The van der Waals surface area contributed by atoms with Crippen LogP contribution < -0.4 is 14.8 Å². The molecule has 1 aromatic heterocycles. The van der Waals surface area contributed by atoms with Crippen molar-refractivity contribution in [3.63, 3.8) is 0 Å². The Morgan fingerprint density at radius 3 is 2.61 bits per heavy atom. The van der Waals surface area contributed by atoms with E-state index < -0.39 is 0 Å². The average molecular weight is 465 g/mol. The standard InChI is InChI=1S/C25H28N4O3S/c1-18-3-2-4-19(11-18)13-26-25(30)21-16-33-24(27-21)15-29-9-7-28(8-10-29)14-20-5-6-22-23(12-20)32-17-31-22/h2-6,11-12,16H,7-10,13-15,17H2,1H3,(H,26,30). The van der Waals surface area contributed by atoms with Crippen molar-refractivity contribution in [1.82, 2.24) is 20.1 Å². The van der Waals surface area contributed by atoms with Crippen molar-refractivity contribution in [2.75, 3.05) is 33.0 Å². The first-order valence-electron chi connectivity index (χ1n) is 11.2. The summed E-state index contributed by atoms with van der Waals surface area (Å²) < 4.78 is 10.9. The summed E-state index contributed by atoms with van der Waals surface area (Å²) in [6.07, 6.45) is 0. The zero-order chi connectivity index (χ0) is 22.6. The van der Waals surface area contributed by atoms with E-state index in [2.05, 4.69) is 51.3 Å². The van der Waals surface area contributed by atoms with Crippen LogP contribution in [-0.4, -0.2) is 53.7 Å². The molecule has 1 saturated heterocycles. The predicted octanol–water partition coefficient (Wildman–Crippen LogP) is 3.43. The van der Waals surface area contributed by atoms with Gasteiger partial charge in [-0.2, -0.15) is 0 Å². The molecule has 0 atom stereocenters. The van der Waals surface area contributed by atoms with E-state index in [4.69, 9.17) is 9.47 Å². The third-order valence-corrected chi connectivity index (χ3v) is 6.82. The first kappa shape index (κ1) is 21.9. The number of ether oxygens (including phenoxy) is 2. The molecular weight excluding hydrogens is 436 g/mol. The van der Waals surface area contributed by atoms with Gasteiger partial charge in [-0.3, -0.25) is 14.6 Å². The quantitative estimate of drug-likeness (QED) is 0.578. The average Bonchev–Trinajstić information content (AvgIpc) is 3.48. The minimum atomic E-state index is -0.118. The van der Waals surface area contributed by atoms with Crippen molar-refractivity contribution in [3.05, 3.63) is 75.2 Å². The summed E-state index contributed by atoms with van der Waals surface area (Å²) in [5.41, 5.74) is 4.03. The largest absolute Gasteiger partial charge is 0.454 e. The van der Waals surface area contributed by atoms with Gasteiger partial charge in [0.05, 0.1) is 6.54 Å². The van der Waals surface area contributed by atoms with E-state index in [0.29, 0.717) is 19.0 Å². The van der Waals surface area contributed by atoms with Crippen LogP contribution in [0.1, 0.15) is 32.2 Å². The molecule has 0 saturated carbocycles. The summed E-state index contributed by atoms with van der Waals surface area (Å²) in [6, 6.07) is 14.3. The van der Waals surface area contributed by atoms with Gasteiger partial charge in [-0.1, -0.05) is 35.9 Å². The molecule has 1 amide bonds. The van der Waals surface area contributed by atoms with Crippen molar-refractivity contribution in [2.45, 2.75) is 26.6 Å². The second-order valence-electron chi connectivity index (χ2n) is 8.54. The molecule has 172 valence electrons. The monoisotopic (exact) mass is 464 g/mol. The maximum absolute atomic E-state index is 12.5. The Morgan fingerprint density at radius 1 is 1.00 bits per heavy atom. The molecule has 1 N–H and O–H groups in total. The summed E-state index contributed by atoms with van der Waals surface area (Å²) in [5.74, 6) is 1.55. The molecule has 2 aliphatic heterocycles. The fourth-order valence-corrected chi connectivity index (χ4v) is 4.99. The molecule has 33 heavy (non-hydrogen) atoms. The van der Waals surface area contributed by atoms with Gasteiger partial charge in [0.25, 0.3) is 5.91 Å². The van der Waals surface area contributed by atoms with Crippen LogP contribution in [0.4, 0.5) is 0 Å². The zero-order valence-electron chi connectivity index (χ0n) is 18.8. The van der Waals surface area contributed by atoms with E-state index in [0.717, 1.165) is 61.3 Å². The lowest BCUT2D eigenvalue weighted by Crippen LogP contribution is -2.45. The summed E-state index contributed by atoms with van der Waals surface area (Å²) in [5, 5.41) is 5.82. The molecule has 8 heteroatoms. The molecule has 0 radical (unpaired) electrons. The van der Waals surface area contributed by atoms with Gasteiger partial charge in [-0.05, 0) is 30.2 Å². The van der Waals surface area contributed by atoms with Gasteiger partial charge in [0.1, 0.15) is 10.7 Å². The second kappa shape index (κ2) is 9.91. The molecule has 3 aromatic rings. The number of piperazine rings is 1. The molecule has 0 bridgehead atoms. The fourth-order valence-electron chi connectivity index (χ4n) is 4.18. The SMILES string of the molecule is Cc1cccc(CNC(=O)c2csc(CN3CCN(Cc4ccc5c(c4)OCO5)CC3)n2)c1. The zero-order valence-corrected chi connectivity index (χ0v) is 19.6. The van der Waals surface area contributed by atoms with Gasteiger partial charge in [0.15, 0.2) is 11.5 Å². The molecular formula is C25H28N4O3S. The highest BCUT2D eigenvalue weighted by Gasteiger charge is 2.20. The van der Waals surface area contributed by atoms with E-state index in [1.54, 1.807) is 11.3 Å². The van der Waals surface area contributed by atoms with Crippen molar-refractivity contribution in [3.8, 4) is 11.5 Å². The van der Waals surface area contributed by atoms with Crippen molar-refractivity contribution < 1.29 is 14.3 Å². The van der Waals surface area contributed by atoms with Crippen LogP contribution in [-0.2, 0) is 19.6 Å². The third kappa shape index (κ3) is 5.52. The van der Waals surface area contributed by atoms with Gasteiger partial charge < -0.3 is 14.8 Å². The maximum atomic E-state index is 12.5. The number of nitrogens with zero attached hydrogens (tertiary/aromatic N) is 3. The number of carbonyl (C=O) groups is 1. The first-order valence-corrected chi connectivity index (χ1v) is 12.1. The number of aryl methyl sites for hydroxylation is 1. The molecule has 2 aliphatic rings.